The van der Waals surface area contributed by atoms with E-state index >= 15 is 0 Å². The maximum Gasteiger partial charge on any atom is 0.340 e. The molecule has 9 heteroatoms. The van der Waals surface area contributed by atoms with Crippen LogP contribution in [-0.2, 0) is 13.1 Å². The van der Waals surface area contributed by atoms with Gasteiger partial charge in [0.15, 0.2) is 5.75 Å². The molecule has 2 aromatic heterocycles. The van der Waals surface area contributed by atoms with Gasteiger partial charge in [-0.15, -0.1) is 5.11 Å². The topological polar surface area (TPSA) is 137 Å². The van der Waals surface area contributed by atoms with E-state index in [1.165, 1.54) is 0 Å². The number of fused-ring (bicyclic) bond motifs is 1. The zero-order valence-electron chi connectivity index (χ0n) is 20.3. The van der Waals surface area contributed by atoms with Gasteiger partial charge in [0.05, 0.1) is 41.5 Å². The fourth-order valence-corrected chi connectivity index (χ4v) is 4.22. The SMILES string of the molecule is Nc1cc(N=Nc2cc3ccccc3c(C(=O)O)c2O)ccc1N(Cc1ccccn1)Cc1ccccn1. The summed E-state index contributed by atoms with van der Waals surface area (Å²) in [6.07, 6.45) is 3.50. The maximum absolute atomic E-state index is 11.8. The number of carboxylic acids is 1. The van der Waals surface area contributed by atoms with E-state index in [0.717, 1.165) is 17.1 Å². The molecule has 0 aliphatic rings. The number of hydrogen-bond acceptors (Lipinski definition) is 8. The molecule has 188 valence electrons. The van der Waals surface area contributed by atoms with Crippen molar-refractivity contribution in [3.8, 4) is 5.75 Å². The second-order valence-electron chi connectivity index (χ2n) is 8.59. The highest BCUT2D eigenvalue weighted by Crippen LogP contribution is 2.38. The van der Waals surface area contributed by atoms with Gasteiger partial charge in [0, 0.05) is 17.8 Å². The monoisotopic (exact) mass is 504 g/mol. The molecule has 2 heterocycles. The second-order valence-corrected chi connectivity index (χ2v) is 8.59. The molecule has 0 fully saturated rings. The average molecular weight is 505 g/mol. The van der Waals surface area contributed by atoms with Crippen molar-refractivity contribution in [2.45, 2.75) is 13.1 Å². The van der Waals surface area contributed by atoms with Crippen LogP contribution < -0.4 is 10.6 Å². The predicted octanol–water partition coefficient (Wildman–Crippen LogP) is 6.24. The highest BCUT2D eigenvalue weighted by atomic mass is 16.4. The fourth-order valence-electron chi connectivity index (χ4n) is 4.22. The first-order valence-corrected chi connectivity index (χ1v) is 11.8. The molecule has 0 radical (unpaired) electrons. The lowest BCUT2D eigenvalue weighted by molar-refractivity contribution is 0.0696. The van der Waals surface area contributed by atoms with Crippen LogP contribution in [0, 0.1) is 0 Å². The second kappa shape index (κ2) is 10.8. The Bertz CT molecular complexity index is 1580. The number of aromatic hydroxyl groups is 1. The van der Waals surface area contributed by atoms with Crippen LogP contribution in [0.3, 0.4) is 0 Å². The van der Waals surface area contributed by atoms with E-state index in [1.54, 1.807) is 54.9 Å². The van der Waals surface area contributed by atoms with Crippen LogP contribution in [0.25, 0.3) is 10.8 Å². The van der Waals surface area contributed by atoms with Crippen LogP contribution in [0.2, 0.25) is 0 Å². The van der Waals surface area contributed by atoms with Crippen molar-refractivity contribution in [3.05, 3.63) is 114 Å². The van der Waals surface area contributed by atoms with Crippen LogP contribution in [0.15, 0.2) is 108 Å². The summed E-state index contributed by atoms with van der Waals surface area (Å²) in [7, 11) is 0. The first-order valence-electron chi connectivity index (χ1n) is 11.8. The molecule has 0 spiro atoms. The minimum Gasteiger partial charge on any atom is -0.505 e. The molecule has 5 aromatic rings. The Labute approximate surface area is 218 Å². The van der Waals surface area contributed by atoms with Crippen molar-refractivity contribution < 1.29 is 15.0 Å². The Hall–Kier alpha value is -5.31. The van der Waals surface area contributed by atoms with E-state index < -0.39 is 11.7 Å². The normalized spacial score (nSPS) is 11.2. The third kappa shape index (κ3) is 5.26. The lowest BCUT2D eigenvalue weighted by Crippen LogP contribution is -2.24. The summed E-state index contributed by atoms with van der Waals surface area (Å²) in [6, 6.07) is 25.3. The third-order valence-electron chi connectivity index (χ3n) is 6.00. The molecule has 5 rings (SSSR count). The lowest BCUT2D eigenvalue weighted by Gasteiger charge is -2.25. The number of nitrogen functional groups attached to an aromatic ring is 1. The Morgan fingerprint density at radius 3 is 2.11 bits per heavy atom. The van der Waals surface area contributed by atoms with E-state index in [9.17, 15) is 15.0 Å². The van der Waals surface area contributed by atoms with E-state index in [-0.39, 0.29) is 11.3 Å². The van der Waals surface area contributed by atoms with Crippen molar-refractivity contribution in [2.24, 2.45) is 10.2 Å². The standard InChI is InChI=1S/C29H24N6O3/c30-24-16-20(33-34-25-15-19-7-1-2-10-23(19)27(28(25)36)29(37)38)11-12-26(24)35(17-21-8-3-5-13-31-21)18-22-9-4-6-14-32-22/h1-16,36H,17-18,30H2,(H,37,38). The summed E-state index contributed by atoms with van der Waals surface area (Å²) < 4.78 is 0. The number of benzene rings is 3. The first kappa shape index (κ1) is 24.4. The molecule has 0 atom stereocenters. The predicted molar refractivity (Wildman–Crippen MR) is 146 cm³/mol. The Kier molecular flexibility index (Phi) is 6.90. The summed E-state index contributed by atoms with van der Waals surface area (Å²) in [5, 5.41) is 29.7. The number of carboxylic acid groups (broad SMARTS) is 1. The highest BCUT2D eigenvalue weighted by molar-refractivity contribution is 6.08. The van der Waals surface area contributed by atoms with Gasteiger partial charge in [-0.1, -0.05) is 36.4 Å². The molecule has 9 nitrogen and oxygen atoms in total. The maximum atomic E-state index is 11.8. The van der Waals surface area contributed by atoms with Gasteiger partial charge in [-0.3, -0.25) is 9.97 Å². The average Bonchev–Trinajstić information content (AvgIpc) is 2.92. The summed E-state index contributed by atoms with van der Waals surface area (Å²) >= 11 is 0. The number of nitrogens with two attached hydrogens (primary N) is 1. The van der Waals surface area contributed by atoms with Gasteiger partial charge in [-0.25, -0.2) is 4.79 Å². The molecule has 0 saturated heterocycles. The minimum atomic E-state index is -1.25. The van der Waals surface area contributed by atoms with Gasteiger partial charge >= 0.3 is 5.97 Å². The van der Waals surface area contributed by atoms with Gasteiger partial charge in [-0.05, 0) is 53.9 Å². The van der Waals surface area contributed by atoms with E-state index in [4.69, 9.17) is 5.73 Å². The van der Waals surface area contributed by atoms with Gasteiger partial charge in [-0.2, -0.15) is 5.11 Å². The molecule has 3 aromatic carbocycles. The van der Waals surface area contributed by atoms with Crippen molar-refractivity contribution in [1.82, 2.24) is 9.97 Å². The molecule has 0 unspecified atom stereocenters. The number of phenols is 1. The number of anilines is 2. The van der Waals surface area contributed by atoms with Crippen molar-refractivity contribution in [2.75, 3.05) is 10.6 Å². The van der Waals surface area contributed by atoms with Crippen LogP contribution >= 0.6 is 0 Å². The largest absolute Gasteiger partial charge is 0.505 e. The molecule has 0 bridgehead atoms. The summed E-state index contributed by atoms with van der Waals surface area (Å²) in [5.41, 5.74) is 9.76. The van der Waals surface area contributed by atoms with Crippen LogP contribution in [0.5, 0.6) is 5.75 Å². The Morgan fingerprint density at radius 2 is 1.50 bits per heavy atom. The number of aromatic nitrogens is 2. The number of azo groups is 1. The van der Waals surface area contributed by atoms with Crippen LogP contribution in [-0.4, -0.2) is 26.2 Å². The minimum absolute atomic E-state index is 0.0516. The molecule has 0 saturated carbocycles. The van der Waals surface area contributed by atoms with Gasteiger partial charge < -0.3 is 20.8 Å². The summed E-state index contributed by atoms with van der Waals surface area (Å²) in [5.74, 6) is -1.69. The molecule has 38 heavy (non-hydrogen) atoms. The van der Waals surface area contributed by atoms with Crippen LogP contribution in [0.1, 0.15) is 21.7 Å². The van der Waals surface area contributed by atoms with Gasteiger partial charge in [0.2, 0.25) is 0 Å². The molecule has 0 aliphatic heterocycles. The van der Waals surface area contributed by atoms with Gasteiger partial charge in [0.25, 0.3) is 0 Å². The zero-order chi connectivity index (χ0) is 26.5. The Balaban J connectivity index is 1.46. The molecule has 0 aliphatic carbocycles. The smallest absolute Gasteiger partial charge is 0.340 e. The van der Waals surface area contributed by atoms with Crippen molar-refractivity contribution in [3.63, 3.8) is 0 Å². The molecule has 0 amide bonds. The lowest BCUT2D eigenvalue weighted by atomic mass is 10.0. The third-order valence-corrected chi connectivity index (χ3v) is 6.00. The number of pyridine rings is 2. The van der Waals surface area contributed by atoms with Crippen molar-refractivity contribution >= 4 is 39.5 Å². The van der Waals surface area contributed by atoms with Gasteiger partial charge in [0.1, 0.15) is 11.3 Å². The summed E-state index contributed by atoms with van der Waals surface area (Å²) in [4.78, 5) is 22.8. The Morgan fingerprint density at radius 1 is 0.842 bits per heavy atom. The molecular weight excluding hydrogens is 480 g/mol. The number of aromatic carboxylic acids is 1. The highest BCUT2D eigenvalue weighted by Gasteiger charge is 2.18. The number of carbonyl (C=O) groups is 1. The number of nitrogens with zero attached hydrogens (tertiary/aromatic N) is 5. The van der Waals surface area contributed by atoms with E-state index in [0.29, 0.717) is 35.2 Å². The molecule has 4 N–H and O–H groups in total. The fraction of sp³-hybridized carbons (Fsp3) is 0.0690. The first-order chi connectivity index (χ1) is 18.5. The van der Waals surface area contributed by atoms with Crippen LogP contribution in [0.4, 0.5) is 22.7 Å². The van der Waals surface area contributed by atoms with Crippen molar-refractivity contribution in [1.29, 1.82) is 0 Å². The summed E-state index contributed by atoms with van der Waals surface area (Å²) in [6.45, 7) is 1.04. The molecular formula is C29H24N6O3. The number of hydrogen-bond donors (Lipinski definition) is 3. The van der Waals surface area contributed by atoms with E-state index in [1.807, 2.05) is 42.5 Å². The zero-order valence-corrected chi connectivity index (χ0v) is 20.3. The van der Waals surface area contributed by atoms with E-state index in [2.05, 4.69) is 25.1 Å². The quantitative estimate of drug-likeness (QED) is 0.168. The number of rotatable bonds is 8.